The fraction of sp³-hybridized carbons (Fsp3) is 0.333. The highest BCUT2D eigenvalue weighted by Crippen LogP contribution is 2.19. The van der Waals surface area contributed by atoms with Crippen LogP contribution in [0, 0.1) is 0 Å². The van der Waals surface area contributed by atoms with E-state index < -0.39 is 6.29 Å². The van der Waals surface area contributed by atoms with Crippen LogP contribution in [-0.4, -0.2) is 19.9 Å². The zero-order valence-corrected chi connectivity index (χ0v) is 7.77. The Morgan fingerprint density at radius 2 is 2.21 bits per heavy atom. The second-order valence-electron chi connectivity index (χ2n) is 2.95. The number of nitrogens with one attached hydrogen (secondary N) is 1. The number of nitrogens with zero attached hydrogens (tertiary/aromatic N) is 1. The van der Waals surface area contributed by atoms with Crippen molar-refractivity contribution >= 4 is 5.69 Å². The van der Waals surface area contributed by atoms with Crippen molar-refractivity contribution in [3.8, 4) is 5.75 Å². The predicted octanol–water partition coefficient (Wildman–Crippen LogP) is -0.362. The molecule has 14 heavy (non-hydrogen) atoms. The fourth-order valence-corrected chi connectivity index (χ4v) is 1.27. The van der Waals surface area contributed by atoms with Crippen LogP contribution in [0.5, 0.6) is 5.75 Å². The van der Waals surface area contributed by atoms with E-state index in [0.717, 1.165) is 11.4 Å². The van der Waals surface area contributed by atoms with Crippen molar-refractivity contribution in [2.75, 3.05) is 18.7 Å². The second kappa shape index (κ2) is 3.83. The first-order chi connectivity index (χ1) is 6.79. The molecule has 1 N–H and O–H groups in total. The van der Waals surface area contributed by atoms with Crippen LogP contribution in [0.15, 0.2) is 24.3 Å². The van der Waals surface area contributed by atoms with E-state index >= 15 is 0 Å². The van der Waals surface area contributed by atoms with Gasteiger partial charge in [-0.1, -0.05) is 0 Å². The maximum atomic E-state index is 10.9. The van der Waals surface area contributed by atoms with Gasteiger partial charge in [0, 0.05) is 12.8 Å². The Kier molecular flexibility index (Phi) is 2.53. The fourth-order valence-electron chi connectivity index (χ4n) is 1.27. The number of benzene rings is 1. The van der Waals surface area contributed by atoms with Gasteiger partial charge in [-0.25, -0.2) is 0 Å². The molecule has 1 unspecified atom stereocenters. The lowest BCUT2D eigenvalue weighted by molar-refractivity contribution is -0.483. The molecule has 0 amide bonds. The average molecular weight is 195 g/mol. The zero-order chi connectivity index (χ0) is 9.97. The molecular weight excluding hydrogens is 184 g/mol. The van der Waals surface area contributed by atoms with Gasteiger partial charge in [0.2, 0.25) is 0 Å². The SMILES string of the molecule is COc1ccc(N2CC([O-])ON2)cc1. The van der Waals surface area contributed by atoms with Crippen LogP contribution in [0.2, 0.25) is 0 Å². The molecule has 76 valence electrons. The van der Waals surface area contributed by atoms with Gasteiger partial charge in [0.15, 0.2) is 0 Å². The Morgan fingerprint density at radius 1 is 1.50 bits per heavy atom. The number of hydrogen-bond acceptors (Lipinski definition) is 5. The summed E-state index contributed by atoms with van der Waals surface area (Å²) in [6.07, 6.45) is -1.03. The van der Waals surface area contributed by atoms with Gasteiger partial charge in [0.1, 0.15) is 5.75 Å². The Hall–Kier alpha value is -1.30. The largest absolute Gasteiger partial charge is 0.828 e. The van der Waals surface area contributed by atoms with Crippen molar-refractivity contribution in [3.63, 3.8) is 0 Å². The van der Waals surface area contributed by atoms with Crippen LogP contribution in [0.25, 0.3) is 0 Å². The summed E-state index contributed by atoms with van der Waals surface area (Å²) in [4.78, 5) is 4.67. The van der Waals surface area contributed by atoms with Gasteiger partial charge < -0.3 is 9.84 Å². The lowest BCUT2D eigenvalue weighted by atomic mass is 10.3. The second-order valence-corrected chi connectivity index (χ2v) is 2.95. The number of hydrogen-bond donors (Lipinski definition) is 1. The molecule has 1 aromatic rings. The Balaban J connectivity index is 2.09. The first-order valence-electron chi connectivity index (χ1n) is 4.28. The van der Waals surface area contributed by atoms with E-state index in [1.165, 1.54) is 0 Å². The number of ether oxygens (including phenoxy) is 1. The highest BCUT2D eigenvalue weighted by atomic mass is 16.8. The van der Waals surface area contributed by atoms with E-state index in [-0.39, 0.29) is 0 Å². The van der Waals surface area contributed by atoms with Crippen LogP contribution in [0.1, 0.15) is 0 Å². The molecule has 0 aromatic heterocycles. The molecule has 0 spiro atoms. The van der Waals surface area contributed by atoms with Crippen molar-refractivity contribution < 1.29 is 14.7 Å². The molecule has 1 heterocycles. The lowest BCUT2D eigenvalue weighted by Gasteiger charge is -2.16. The first kappa shape index (κ1) is 9.26. The highest BCUT2D eigenvalue weighted by molar-refractivity contribution is 5.48. The summed E-state index contributed by atoms with van der Waals surface area (Å²) in [5, 5.41) is 12.5. The van der Waals surface area contributed by atoms with E-state index in [4.69, 9.17) is 4.74 Å². The molecule has 1 atom stereocenters. The van der Waals surface area contributed by atoms with Gasteiger partial charge in [-0.2, -0.15) is 0 Å². The molecule has 0 saturated carbocycles. The maximum Gasteiger partial charge on any atom is 0.119 e. The molecule has 1 fully saturated rings. The Labute approximate surface area is 81.8 Å². The van der Waals surface area contributed by atoms with Crippen LogP contribution in [-0.2, 0) is 4.84 Å². The Morgan fingerprint density at radius 3 is 2.71 bits per heavy atom. The summed E-state index contributed by atoms with van der Waals surface area (Å²) in [5.74, 6) is 0.785. The van der Waals surface area contributed by atoms with E-state index in [2.05, 4.69) is 10.4 Å². The minimum absolute atomic E-state index is 0.298. The zero-order valence-electron chi connectivity index (χ0n) is 7.77. The van der Waals surface area contributed by atoms with Crippen LogP contribution < -0.4 is 20.4 Å². The summed E-state index contributed by atoms with van der Waals surface area (Å²) in [6.45, 7) is 0.298. The van der Waals surface area contributed by atoms with Crippen LogP contribution >= 0.6 is 0 Å². The van der Waals surface area contributed by atoms with Gasteiger partial charge in [0.05, 0.1) is 12.8 Å². The Bertz CT molecular complexity index is 301. The molecule has 2 rings (SSSR count). The molecule has 1 saturated heterocycles. The number of anilines is 1. The minimum atomic E-state index is -1.03. The molecular formula is C9H11N2O3-. The van der Waals surface area contributed by atoms with Gasteiger partial charge >= 0.3 is 0 Å². The van der Waals surface area contributed by atoms with Crippen LogP contribution in [0.3, 0.4) is 0 Å². The smallest absolute Gasteiger partial charge is 0.119 e. The summed E-state index contributed by atoms with van der Waals surface area (Å²) in [6, 6.07) is 7.37. The predicted molar refractivity (Wildman–Crippen MR) is 48.3 cm³/mol. The monoisotopic (exact) mass is 195 g/mol. The number of hydrazine groups is 1. The van der Waals surface area contributed by atoms with Crippen LogP contribution in [0.4, 0.5) is 5.69 Å². The standard InChI is InChI=1S/C9H11N2O3/c1-13-8-4-2-7(3-5-8)11-6-9(12)14-10-11/h2-5,9-10H,6H2,1H3/q-1. The molecule has 1 aliphatic rings. The van der Waals surface area contributed by atoms with Crippen molar-refractivity contribution in [1.29, 1.82) is 0 Å². The molecule has 5 heteroatoms. The first-order valence-corrected chi connectivity index (χ1v) is 4.28. The van der Waals surface area contributed by atoms with E-state index in [0.29, 0.717) is 6.54 Å². The number of rotatable bonds is 2. The third-order valence-electron chi connectivity index (χ3n) is 2.01. The lowest BCUT2D eigenvalue weighted by Crippen LogP contribution is -2.31. The minimum Gasteiger partial charge on any atom is -0.828 e. The molecule has 1 aliphatic heterocycles. The van der Waals surface area contributed by atoms with Gasteiger partial charge in [0.25, 0.3) is 0 Å². The van der Waals surface area contributed by atoms with Crippen molar-refractivity contribution in [1.82, 2.24) is 5.59 Å². The molecule has 5 nitrogen and oxygen atoms in total. The molecule has 1 aromatic carbocycles. The molecule has 0 radical (unpaired) electrons. The van der Waals surface area contributed by atoms with E-state index in [1.807, 2.05) is 24.3 Å². The summed E-state index contributed by atoms with van der Waals surface area (Å²) in [7, 11) is 1.61. The number of methoxy groups -OCH3 is 1. The quantitative estimate of drug-likeness (QED) is 0.698. The third-order valence-corrected chi connectivity index (χ3v) is 2.01. The summed E-state index contributed by atoms with van der Waals surface area (Å²) < 4.78 is 5.02. The molecule has 0 aliphatic carbocycles. The van der Waals surface area contributed by atoms with Gasteiger partial charge in [-0.05, 0) is 24.3 Å². The van der Waals surface area contributed by atoms with Gasteiger partial charge in [-0.3, -0.25) is 9.85 Å². The normalized spacial score (nSPS) is 21.3. The summed E-state index contributed by atoms with van der Waals surface area (Å²) in [5.41, 5.74) is 3.42. The van der Waals surface area contributed by atoms with Crippen molar-refractivity contribution in [3.05, 3.63) is 24.3 Å². The van der Waals surface area contributed by atoms with Gasteiger partial charge in [-0.15, -0.1) is 5.59 Å². The van der Waals surface area contributed by atoms with E-state index in [9.17, 15) is 5.11 Å². The maximum absolute atomic E-state index is 10.9. The highest BCUT2D eigenvalue weighted by Gasteiger charge is 2.15. The van der Waals surface area contributed by atoms with Crippen molar-refractivity contribution in [2.45, 2.75) is 6.29 Å². The topological polar surface area (TPSA) is 56.8 Å². The van der Waals surface area contributed by atoms with E-state index in [1.54, 1.807) is 12.1 Å². The third kappa shape index (κ3) is 1.79. The average Bonchev–Trinajstić information content (AvgIpc) is 2.65. The van der Waals surface area contributed by atoms with Crippen molar-refractivity contribution in [2.24, 2.45) is 0 Å². The summed E-state index contributed by atoms with van der Waals surface area (Å²) >= 11 is 0. The molecule has 0 bridgehead atoms.